The normalized spacial score (nSPS) is 11.7. The molecule has 0 amide bonds. The summed E-state index contributed by atoms with van der Waals surface area (Å²) in [5, 5.41) is -0.0517. The summed E-state index contributed by atoms with van der Waals surface area (Å²) in [6.07, 6.45) is -2.18. The fraction of sp³-hybridized carbons (Fsp3) is 0.235. The minimum Gasteiger partial charge on any atom is -0.406 e. The van der Waals surface area contributed by atoms with Crippen LogP contribution in [-0.2, 0) is 13.0 Å². The molecule has 0 aliphatic carbocycles. The first-order chi connectivity index (χ1) is 12.3. The molecule has 3 rings (SSSR count). The molecule has 0 aliphatic rings. The topological polar surface area (TPSA) is 77.0 Å². The second-order valence-corrected chi connectivity index (χ2v) is 5.57. The summed E-state index contributed by atoms with van der Waals surface area (Å²) in [4.78, 5) is 31.2. The number of nitrogens with one attached hydrogen (secondary N) is 1. The van der Waals surface area contributed by atoms with E-state index in [1.807, 2.05) is 12.1 Å². The number of fused-ring (bicyclic) bond motifs is 1. The Bertz CT molecular complexity index is 1030. The van der Waals surface area contributed by atoms with Gasteiger partial charge in [0, 0.05) is 18.4 Å². The number of hydrogen-bond acceptors (Lipinski definition) is 4. The molecule has 1 aromatic carbocycles. The van der Waals surface area contributed by atoms with Crippen LogP contribution in [0.1, 0.15) is 12.1 Å². The van der Waals surface area contributed by atoms with Crippen LogP contribution in [0.5, 0.6) is 5.75 Å². The second-order valence-electron chi connectivity index (χ2n) is 5.57. The van der Waals surface area contributed by atoms with Crippen molar-refractivity contribution in [3.8, 4) is 5.75 Å². The number of pyridine rings is 1. The summed E-state index contributed by atoms with van der Waals surface area (Å²) < 4.78 is 41.8. The molecule has 6 nitrogen and oxygen atoms in total. The van der Waals surface area contributed by atoms with E-state index < -0.39 is 23.4 Å². The van der Waals surface area contributed by atoms with E-state index in [0.29, 0.717) is 12.8 Å². The van der Waals surface area contributed by atoms with Crippen molar-refractivity contribution in [1.29, 1.82) is 0 Å². The first-order valence-electron chi connectivity index (χ1n) is 7.76. The molecule has 0 spiro atoms. The van der Waals surface area contributed by atoms with Crippen LogP contribution >= 0.6 is 0 Å². The minimum absolute atomic E-state index is 0.0517. The maximum Gasteiger partial charge on any atom is 0.573 e. The van der Waals surface area contributed by atoms with Gasteiger partial charge in [0.25, 0.3) is 5.56 Å². The molecule has 3 aromatic rings. The third-order valence-corrected chi connectivity index (χ3v) is 3.73. The Morgan fingerprint density at radius 1 is 1.15 bits per heavy atom. The Balaban J connectivity index is 1.87. The number of alkyl halides is 3. The van der Waals surface area contributed by atoms with Crippen LogP contribution in [-0.4, -0.2) is 20.9 Å². The smallest absolute Gasteiger partial charge is 0.406 e. The average Bonchev–Trinajstić information content (AvgIpc) is 2.58. The Morgan fingerprint density at radius 3 is 2.65 bits per heavy atom. The first kappa shape index (κ1) is 17.7. The molecule has 2 heterocycles. The van der Waals surface area contributed by atoms with Crippen molar-refractivity contribution in [3.63, 3.8) is 0 Å². The number of H-pyrrole nitrogens is 1. The molecule has 9 heteroatoms. The van der Waals surface area contributed by atoms with E-state index in [4.69, 9.17) is 0 Å². The lowest BCUT2D eigenvalue weighted by molar-refractivity contribution is -0.274. The number of ether oxygens (including phenoxy) is 1. The second kappa shape index (κ2) is 7.03. The van der Waals surface area contributed by atoms with Crippen molar-refractivity contribution in [1.82, 2.24) is 14.5 Å². The Labute approximate surface area is 144 Å². The Kier molecular flexibility index (Phi) is 4.79. The predicted molar refractivity (Wildman–Crippen MR) is 88.1 cm³/mol. The van der Waals surface area contributed by atoms with E-state index in [1.165, 1.54) is 6.07 Å². The van der Waals surface area contributed by atoms with Crippen LogP contribution in [0.25, 0.3) is 10.9 Å². The Hall–Kier alpha value is -3.10. The molecule has 26 heavy (non-hydrogen) atoms. The largest absolute Gasteiger partial charge is 0.573 e. The van der Waals surface area contributed by atoms with Gasteiger partial charge in [-0.15, -0.1) is 13.2 Å². The van der Waals surface area contributed by atoms with E-state index in [1.54, 1.807) is 12.3 Å². The summed E-state index contributed by atoms with van der Waals surface area (Å²) in [6, 6.07) is 8.65. The molecule has 0 unspecified atom stereocenters. The molecule has 0 radical (unpaired) electrons. The zero-order valence-electron chi connectivity index (χ0n) is 13.4. The fourth-order valence-corrected chi connectivity index (χ4v) is 2.59. The van der Waals surface area contributed by atoms with Gasteiger partial charge in [0.15, 0.2) is 0 Å². The standard InChI is InChI=1S/C17H14F3N3O3/c18-17(19,20)26-12-6-7-14-13(10-12)15(24)23(16(25)22-14)9-3-5-11-4-1-2-8-21-11/h1-2,4,6-8,10H,3,5,9H2,(H,22,25). The van der Waals surface area contributed by atoms with E-state index >= 15 is 0 Å². The van der Waals surface area contributed by atoms with E-state index in [9.17, 15) is 22.8 Å². The molecule has 0 bridgehead atoms. The highest BCUT2D eigenvalue weighted by Crippen LogP contribution is 2.24. The Morgan fingerprint density at radius 2 is 1.96 bits per heavy atom. The van der Waals surface area contributed by atoms with Crippen molar-refractivity contribution < 1.29 is 17.9 Å². The number of aromatic nitrogens is 3. The van der Waals surface area contributed by atoms with Gasteiger partial charge in [-0.1, -0.05) is 6.07 Å². The first-order valence-corrected chi connectivity index (χ1v) is 7.76. The molecule has 0 fully saturated rings. The summed E-state index contributed by atoms with van der Waals surface area (Å²) >= 11 is 0. The van der Waals surface area contributed by atoms with Gasteiger partial charge in [-0.3, -0.25) is 14.3 Å². The van der Waals surface area contributed by atoms with Gasteiger partial charge in [0.1, 0.15) is 5.75 Å². The van der Waals surface area contributed by atoms with Crippen LogP contribution in [0.2, 0.25) is 0 Å². The monoisotopic (exact) mass is 365 g/mol. The maximum atomic E-state index is 12.5. The number of aromatic amines is 1. The fourth-order valence-electron chi connectivity index (χ4n) is 2.59. The van der Waals surface area contributed by atoms with Crippen molar-refractivity contribution in [2.75, 3.05) is 0 Å². The zero-order valence-corrected chi connectivity index (χ0v) is 13.4. The molecule has 136 valence electrons. The SMILES string of the molecule is O=c1[nH]c2ccc(OC(F)(F)F)cc2c(=O)n1CCCc1ccccn1. The van der Waals surface area contributed by atoms with Crippen molar-refractivity contribution in [2.45, 2.75) is 25.7 Å². The number of benzene rings is 1. The van der Waals surface area contributed by atoms with Crippen molar-refractivity contribution in [2.24, 2.45) is 0 Å². The predicted octanol–water partition coefficient (Wildman–Crippen LogP) is 2.62. The average molecular weight is 365 g/mol. The van der Waals surface area contributed by atoms with Gasteiger partial charge >= 0.3 is 12.1 Å². The quantitative estimate of drug-likeness (QED) is 0.754. The van der Waals surface area contributed by atoms with Gasteiger partial charge < -0.3 is 9.72 Å². The van der Waals surface area contributed by atoms with Crippen LogP contribution in [0, 0.1) is 0 Å². The summed E-state index contributed by atoms with van der Waals surface area (Å²) in [5.41, 5.74) is -0.320. The van der Waals surface area contributed by atoms with Gasteiger partial charge in [-0.25, -0.2) is 4.79 Å². The van der Waals surface area contributed by atoms with Gasteiger partial charge in [-0.05, 0) is 43.2 Å². The highest BCUT2D eigenvalue weighted by molar-refractivity contribution is 5.78. The zero-order chi connectivity index (χ0) is 18.7. The molecule has 2 aromatic heterocycles. The summed E-state index contributed by atoms with van der Waals surface area (Å²) in [7, 11) is 0. The third kappa shape index (κ3) is 4.11. The lowest BCUT2D eigenvalue weighted by atomic mass is 10.2. The van der Waals surface area contributed by atoms with Crippen LogP contribution in [0.4, 0.5) is 13.2 Å². The molecule has 0 aliphatic heterocycles. The van der Waals surface area contributed by atoms with Gasteiger partial charge in [0.05, 0.1) is 10.9 Å². The van der Waals surface area contributed by atoms with E-state index in [0.717, 1.165) is 22.4 Å². The van der Waals surface area contributed by atoms with E-state index in [2.05, 4.69) is 14.7 Å². The molecule has 0 saturated heterocycles. The lowest BCUT2D eigenvalue weighted by Gasteiger charge is -2.10. The van der Waals surface area contributed by atoms with Crippen LogP contribution in [0.15, 0.2) is 52.2 Å². The number of aryl methyl sites for hydroxylation is 1. The minimum atomic E-state index is -4.86. The third-order valence-electron chi connectivity index (χ3n) is 3.73. The summed E-state index contributed by atoms with van der Waals surface area (Å²) in [6.45, 7) is 0.116. The van der Waals surface area contributed by atoms with Crippen LogP contribution < -0.4 is 16.0 Å². The van der Waals surface area contributed by atoms with Gasteiger partial charge in [0.2, 0.25) is 0 Å². The van der Waals surface area contributed by atoms with Crippen molar-refractivity contribution in [3.05, 3.63) is 69.1 Å². The number of hydrogen-bond donors (Lipinski definition) is 1. The molecular weight excluding hydrogens is 351 g/mol. The molecule has 1 N–H and O–H groups in total. The summed E-state index contributed by atoms with van der Waals surface area (Å²) in [5.74, 6) is -0.519. The molecule has 0 saturated carbocycles. The number of halogens is 3. The number of rotatable bonds is 5. The van der Waals surface area contributed by atoms with Gasteiger partial charge in [-0.2, -0.15) is 0 Å². The maximum absolute atomic E-state index is 12.5. The highest BCUT2D eigenvalue weighted by atomic mass is 19.4. The van der Waals surface area contributed by atoms with Crippen molar-refractivity contribution >= 4 is 10.9 Å². The molecule has 0 atom stereocenters. The van der Waals surface area contributed by atoms with Crippen LogP contribution in [0.3, 0.4) is 0 Å². The van der Waals surface area contributed by atoms with E-state index in [-0.39, 0.29) is 17.4 Å². The highest BCUT2D eigenvalue weighted by Gasteiger charge is 2.31. The number of nitrogens with zero attached hydrogens (tertiary/aromatic N) is 2. The lowest BCUT2D eigenvalue weighted by Crippen LogP contribution is -2.35. The molecular formula is C17H14F3N3O3.